The van der Waals surface area contributed by atoms with Gasteiger partial charge in [-0.05, 0) is 18.8 Å². The number of carboxylic acid groups (broad SMARTS) is 1. The molecule has 100 valence electrons. The maximum atomic E-state index is 11.9. The predicted octanol–water partition coefficient (Wildman–Crippen LogP) is 1.78. The minimum Gasteiger partial charge on any atom is -0.480 e. The molecule has 17 heavy (non-hydrogen) atoms. The zero-order valence-electron chi connectivity index (χ0n) is 11.4. The van der Waals surface area contributed by atoms with E-state index in [1.54, 1.807) is 4.90 Å². The Bertz CT molecular complexity index is 254. The molecule has 0 aliphatic rings. The molecule has 0 aromatic heterocycles. The van der Waals surface area contributed by atoms with E-state index in [9.17, 15) is 9.59 Å². The fraction of sp³-hybridized carbons (Fsp3) is 0.833. The fourth-order valence-corrected chi connectivity index (χ4v) is 1.46. The lowest BCUT2D eigenvalue weighted by Gasteiger charge is -2.27. The van der Waals surface area contributed by atoms with Crippen molar-refractivity contribution < 1.29 is 14.7 Å². The third-order valence-electron chi connectivity index (χ3n) is 2.17. The molecule has 0 aliphatic heterocycles. The number of carbonyl (C=O) groups is 2. The lowest BCUT2D eigenvalue weighted by Crippen LogP contribution is -2.48. The van der Waals surface area contributed by atoms with Crippen molar-refractivity contribution in [3.63, 3.8) is 0 Å². The van der Waals surface area contributed by atoms with Crippen LogP contribution in [0.1, 0.15) is 34.6 Å². The summed E-state index contributed by atoms with van der Waals surface area (Å²) in [5.41, 5.74) is 0. The molecule has 0 spiro atoms. The van der Waals surface area contributed by atoms with E-state index in [4.69, 9.17) is 5.11 Å². The van der Waals surface area contributed by atoms with Gasteiger partial charge in [0.15, 0.2) is 0 Å². The van der Waals surface area contributed by atoms with Crippen LogP contribution in [0.3, 0.4) is 0 Å². The highest BCUT2D eigenvalue weighted by molar-refractivity contribution is 5.82. The summed E-state index contributed by atoms with van der Waals surface area (Å²) in [5, 5.41) is 11.2. The Hall–Kier alpha value is -1.26. The zero-order chi connectivity index (χ0) is 13.6. The van der Waals surface area contributed by atoms with Crippen molar-refractivity contribution in [2.75, 3.05) is 13.1 Å². The van der Waals surface area contributed by atoms with Crippen molar-refractivity contribution in [1.29, 1.82) is 0 Å². The molecule has 0 aromatic rings. The van der Waals surface area contributed by atoms with Gasteiger partial charge < -0.3 is 15.3 Å². The second-order valence-corrected chi connectivity index (χ2v) is 5.20. The summed E-state index contributed by atoms with van der Waals surface area (Å²) in [6.45, 7) is 10.8. The third-order valence-corrected chi connectivity index (χ3v) is 2.17. The molecule has 0 aliphatic carbocycles. The first kappa shape index (κ1) is 15.7. The van der Waals surface area contributed by atoms with Gasteiger partial charge in [0, 0.05) is 13.1 Å². The van der Waals surface area contributed by atoms with Crippen LogP contribution in [-0.4, -0.2) is 41.1 Å². The first-order chi connectivity index (χ1) is 7.73. The summed E-state index contributed by atoms with van der Waals surface area (Å²) in [5.74, 6) is -0.299. The van der Waals surface area contributed by atoms with Crippen LogP contribution in [0.2, 0.25) is 0 Å². The topological polar surface area (TPSA) is 69.6 Å². The summed E-state index contributed by atoms with van der Waals surface area (Å²) < 4.78 is 0. The van der Waals surface area contributed by atoms with Crippen LogP contribution in [-0.2, 0) is 4.79 Å². The molecule has 0 rings (SSSR count). The molecule has 0 fully saturated rings. The molecule has 5 heteroatoms. The van der Waals surface area contributed by atoms with Gasteiger partial charge in [-0.25, -0.2) is 4.79 Å². The number of hydrogen-bond acceptors (Lipinski definition) is 2. The standard InChI is InChI=1S/C12H24N2O3/c1-8(2)6-14(7-9(3)4)12(17)13-10(5)11(15)16/h8-10H,6-7H2,1-5H3,(H,13,17)(H,15,16)/t10-/m0/s1. The van der Waals surface area contributed by atoms with E-state index in [0.29, 0.717) is 24.9 Å². The molecule has 0 heterocycles. The molecular formula is C12H24N2O3. The Balaban J connectivity index is 4.46. The quantitative estimate of drug-likeness (QED) is 0.748. The highest BCUT2D eigenvalue weighted by Gasteiger charge is 2.20. The molecule has 2 N–H and O–H groups in total. The largest absolute Gasteiger partial charge is 0.480 e. The van der Waals surface area contributed by atoms with Gasteiger partial charge in [-0.3, -0.25) is 4.79 Å². The van der Waals surface area contributed by atoms with E-state index in [2.05, 4.69) is 5.32 Å². The molecule has 0 unspecified atom stereocenters. The van der Waals surface area contributed by atoms with Gasteiger partial charge in [0.05, 0.1) is 0 Å². The second-order valence-electron chi connectivity index (χ2n) is 5.20. The van der Waals surface area contributed by atoms with Crippen molar-refractivity contribution in [3.05, 3.63) is 0 Å². The number of urea groups is 1. The second kappa shape index (κ2) is 7.14. The maximum Gasteiger partial charge on any atom is 0.325 e. The van der Waals surface area contributed by atoms with Gasteiger partial charge in [-0.15, -0.1) is 0 Å². The third kappa shape index (κ3) is 6.81. The van der Waals surface area contributed by atoms with E-state index in [-0.39, 0.29) is 6.03 Å². The summed E-state index contributed by atoms with van der Waals surface area (Å²) in [6.07, 6.45) is 0. The first-order valence-electron chi connectivity index (χ1n) is 6.02. The lowest BCUT2D eigenvalue weighted by molar-refractivity contribution is -0.138. The van der Waals surface area contributed by atoms with Gasteiger partial charge in [0.25, 0.3) is 0 Å². The molecule has 5 nitrogen and oxygen atoms in total. The van der Waals surface area contributed by atoms with Crippen LogP contribution in [0.25, 0.3) is 0 Å². The average molecular weight is 244 g/mol. The summed E-state index contributed by atoms with van der Waals surface area (Å²) in [6, 6.07) is -1.16. The van der Waals surface area contributed by atoms with E-state index in [0.717, 1.165) is 0 Å². The smallest absolute Gasteiger partial charge is 0.325 e. The molecule has 0 aromatic carbocycles. The van der Waals surface area contributed by atoms with Crippen LogP contribution < -0.4 is 5.32 Å². The van der Waals surface area contributed by atoms with Crippen molar-refractivity contribution >= 4 is 12.0 Å². The summed E-state index contributed by atoms with van der Waals surface area (Å²) >= 11 is 0. The van der Waals surface area contributed by atoms with Gasteiger partial charge in [-0.2, -0.15) is 0 Å². The van der Waals surface area contributed by atoms with E-state index in [1.165, 1.54) is 6.92 Å². The normalized spacial score (nSPS) is 12.6. The number of hydrogen-bond donors (Lipinski definition) is 2. The fourth-order valence-electron chi connectivity index (χ4n) is 1.46. The van der Waals surface area contributed by atoms with Crippen molar-refractivity contribution in [2.45, 2.75) is 40.7 Å². The van der Waals surface area contributed by atoms with Gasteiger partial charge >= 0.3 is 12.0 Å². The highest BCUT2D eigenvalue weighted by atomic mass is 16.4. The van der Waals surface area contributed by atoms with Crippen molar-refractivity contribution in [2.24, 2.45) is 11.8 Å². The monoisotopic (exact) mass is 244 g/mol. The Morgan fingerprint density at radius 1 is 1.06 bits per heavy atom. The van der Waals surface area contributed by atoms with Crippen molar-refractivity contribution in [3.8, 4) is 0 Å². The Morgan fingerprint density at radius 2 is 1.47 bits per heavy atom. The van der Waals surface area contributed by atoms with Crippen molar-refractivity contribution in [1.82, 2.24) is 10.2 Å². The van der Waals surface area contributed by atoms with E-state index in [1.807, 2.05) is 27.7 Å². The molecular weight excluding hydrogens is 220 g/mol. The van der Waals surface area contributed by atoms with E-state index >= 15 is 0 Å². The number of rotatable bonds is 6. The molecule has 0 radical (unpaired) electrons. The lowest BCUT2D eigenvalue weighted by atomic mass is 10.1. The molecule has 0 bridgehead atoms. The van der Waals surface area contributed by atoms with E-state index < -0.39 is 12.0 Å². The number of aliphatic carboxylic acids is 1. The maximum absolute atomic E-state index is 11.9. The Morgan fingerprint density at radius 3 is 1.76 bits per heavy atom. The van der Waals surface area contributed by atoms with Crippen LogP contribution >= 0.6 is 0 Å². The highest BCUT2D eigenvalue weighted by Crippen LogP contribution is 2.04. The van der Waals surface area contributed by atoms with Gasteiger partial charge in [-0.1, -0.05) is 27.7 Å². The molecule has 0 saturated carbocycles. The number of carbonyl (C=O) groups excluding carboxylic acids is 1. The molecule has 2 amide bonds. The summed E-state index contributed by atoms with van der Waals surface area (Å²) in [4.78, 5) is 24.2. The Labute approximate surface area is 103 Å². The minimum atomic E-state index is -1.02. The van der Waals surface area contributed by atoms with Gasteiger partial charge in [0.2, 0.25) is 0 Å². The predicted molar refractivity (Wildman–Crippen MR) is 66.9 cm³/mol. The molecule has 0 saturated heterocycles. The summed E-state index contributed by atoms with van der Waals surface area (Å²) in [7, 11) is 0. The van der Waals surface area contributed by atoms with Crippen LogP contribution in [0.4, 0.5) is 4.79 Å². The number of nitrogens with zero attached hydrogens (tertiary/aromatic N) is 1. The zero-order valence-corrected chi connectivity index (χ0v) is 11.4. The Kier molecular flexibility index (Phi) is 6.61. The number of amides is 2. The number of nitrogens with one attached hydrogen (secondary N) is 1. The van der Waals surface area contributed by atoms with Crippen LogP contribution in [0.15, 0.2) is 0 Å². The number of carboxylic acids is 1. The first-order valence-corrected chi connectivity index (χ1v) is 6.02. The average Bonchev–Trinajstić information content (AvgIpc) is 2.14. The molecule has 1 atom stereocenters. The van der Waals surface area contributed by atoms with Gasteiger partial charge in [0.1, 0.15) is 6.04 Å². The minimum absolute atomic E-state index is 0.303. The van der Waals surface area contributed by atoms with Crippen LogP contribution in [0.5, 0.6) is 0 Å². The SMILES string of the molecule is CC(C)CN(CC(C)C)C(=O)N[C@@H](C)C(=O)O. The van der Waals surface area contributed by atoms with Crippen LogP contribution in [0, 0.1) is 11.8 Å².